The SMILES string of the molecule is CC(C)[C@H]1CN(c2ccc(C(=O)Nc3ccccc3N)cn2)CCN1. The summed E-state index contributed by atoms with van der Waals surface area (Å²) in [4.78, 5) is 19.1. The highest BCUT2D eigenvalue weighted by atomic mass is 16.1. The Balaban J connectivity index is 1.67. The molecule has 0 spiro atoms. The van der Waals surface area contributed by atoms with Gasteiger partial charge in [0.1, 0.15) is 5.82 Å². The number of nitrogen functional groups attached to an aromatic ring is 1. The van der Waals surface area contributed by atoms with Crippen LogP contribution in [0.3, 0.4) is 0 Å². The van der Waals surface area contributed by atoms with Gasteiger partial charge in [0.05, 0.1) is 16.9 Å². The maximum atomic E-state index is 12.4. The van der Waals surface area contributed by atoms with E-state index < -0.39 is 0 Å². The van der Waals surface area contributed by atoms with Crippen molar-refractivity contribution in [2.45, 2.75) is 19.9 Å². The van der Waals surface area contributed by atoms with Crippen molar-refractivity contribution in [3.05, 3.63) is 48.2 Å². The number of carbonyl (C=O) groups is 1. The van der Waals surface area contributed by atoms with E-state index >= 15 is 0 Å². The van der Waals surface area contributed by atoms with Gasteiger partial charge in [0.2, 0.25) is 0 Å². The molecule has 0 bridgehead atoms. The minimum Gasteiger partial charge on any atom is -0.397 e. The lowest BCUT2D eigenvalue weighted by atomic mass is 10.0. The van der Waals surface area contributed by atoms with Crippen molar-refractivity contribution in [3.63, 3.8) is 0 Å². The van der Waals surface area contributed by atoms with Crippen LogP contribution in [0.2, 0.25) is 0 Å². The summed E-state index contributed by atoms with van der Waals surface area (Å²) >= 11 is 0. The predicted molar refractivity (Wildman–Crippen MR) is 102 cm³/mol. The highest BCUT2D eigenvalue weighted by molar-refractivity contribution is 6.05. The van der Waals surface area contributed by atoms with Gasteiger partial charge in [0.25, 0.3) is 5.91 Å². The topological polar surface area (TPSA) is 83.3 Å². The zero-order valence-corrected chi connectivity index (χ0v) is 14.7. The molecule has 1 aliphatic rings. The van der Waals surface area contributed by atoms with Gasteiger partial charge in [-0.3, -0.25) is 4.79 Å². The molecule has 0 aliphatic carbocycles. The second-order valence-electron chi connectivity index (χ2n) is 6.70. The maximum Gasteiger partial charge on any atom is 0.257 e. The summed E-state index contributed by atoms with van der Waals surface area (Å²) in [5.41, 5.74) is 7.53. The number of para-hydroxylation sites is 2. The highest BCUT2D eigenvalue weighted by Crippen LogP contribution is 2.19. The number of hydrogen-bond donors (Lipinski definition) is 3. The fourth-order valence-corrected chi connectivity index (χ4v) is 2.95. The van der Waals surface area contributed by atoms with E-state index in [0.717, 1.165) is 25.5 Å². The number of pyridine rings is 1. The summed E-state index contributed by atoms with van der Waals surface area (Å²) in [5, 5.41) is 6.35. The van der Waals surface area contributed by atoms with Crippen molar-refractivity contribution in [1.82, 2.24) is 10.3 Å². The van der Waals surface area contributed by atoms with Gasteiger partial charge in [-0.1, -0.05) is 26.0 Å². The molecular formula is C19H25N5O. The summed E-state index contributed by atoms with van der Waals surface area (Å²) in [5.74, 6) is 1.27. The van der Waals surface area contributed by atoms with Crippen LogP contribution >= 0.6 is 0 Å². The van der Waals surface area contributed by atoms with Crippen LogP contribution in [0.5, 0.6) is 0 Å². The van der Waals surface area contributed by atoms with Crippen molar-refractivity contribution in [3.8, 4) is 0 Å². The lowest BCUT2D eigenvalue weighted by Gasteiger charge is -2.36. The molecule has 2 aromatic rings. The standard InChI is InChI=1S/C19H25N5O/c1-13(2)17-12-24(10-9-21-17)18-8-7-14(11-22-18)19(25)23-16-6-4-3-5-15(16)20/h3-8,11,13,17,21H,9-10,12,20H2,1-2H3,(H,23,25)/t17-/m1/s1. The highest BCUT2D eigenvalue weighted by Gasteiger charge is 2.22. The molecule has 25 heavy (non-hydrogen) atoms. The van der Waals surface area contributed by atoms with Crippen molar-refractivity contribution >= 4 is 23.1 Å². The Labute approximate surface area is 148 Å². The van der Waals surface area contributed by atoms with Gasteiger partial charge in [-0.05, 0) is 30.2 Å². The number of anilines is 3. The average Bonchev–Trinajstić information content (AvgIpc) is 2.64. The van der Waals surface area contributed by atoms with E-state index in [1.54, 1.807) is 18.3 Å². The lowest BCUT2D eigenvalue weighted by Crippen LogP contribution is -2.53. The van der Waals surface area contributed by atoms with Gasteiger partial charge in [-0.2, -0.15) is 0 Å². The van der Waals surface area contributed by atoms with Gasteiger partial charge in [-0.15, -0.1) is 0 Å². The third kappa shape index (κ3) is 4.09. The number of nitrogens with two attached hydrogens (primary N) is 1. The first kappa shape index (κ1) is 17.2. The van der Waals surface area contributed by atoms with Crippen LogP contribution in [0.25, 0.3) is 0 Å². The zero-order valence-electron chi connectivity index (χ0n) is 14.7. The summed E-state index contributed by atoms with van der Waals surface area (Å²) in [6, 6.07) is 11.4. The number of hydrogen-bond acceptors (Lipinski definition) is 5. The number of carbonyl (C=O) groups excluding carboxylic acids is 1. The van der Waals surface area contributed by atoms with Crippen LogP contribution in [0.4, 0.5) is 17.2 Å². The van der Waals surface area contributed by atoms with Crippen LogP contribution in [-0.2, 0) is 0 Å². The van der Waals surface area contributed by atoms with E-state index in [2.05, 4.69) is 34.4 Å². The zero-order chi connectivity index (χ0) is 17.8. The Morgan fingerprint density at radius 2 is 2.12 bits per heavy atom. The smallest absolute Gasteiger partial charge is 0.257 e. The summed E-state index contributed by atoms with van der Waals surface area (Å²) in [6.45, 7) is 7.23. The average molecular weight is 339 g/mol. The maximum absolute atomic E-state index is 12.4. The molecule has 1 fully saturated rings. The molecule has 1 aliphatic heterocycles. The number of nitrogens with one attached hydrogen (secondary N) is 2. The number of benzene rings is 1. The van der Waals surface area contributed by atoms with E-state index in [1.165, 1.54) is 0 Å². The number of rotatable bonds is 4. The summed E-state index contributed by atoms with van der Waals surface area (Å²) < 4.78 is 0. The molecule has 6 nitrogen and oxygen atoms in total. The van der Waals surface area contributed by atoms with E-state index in [4.69, 9.17) is 5.73 Å². The first-order valence-electron chi connectivity index (χ1n) is 8.65. The Morgan fingerprint density at radius 3 is 2.80 bits per heavy atom. The molecule has 1 amide bonds. The minimum atomic E-state index is -0.211. The second kappa shape index (κ2) is 7.53. The molecule has 2 heterocycles. The van der Waals surface area contributed by atoms with Crippen LogP contribution < -0.4 is 21.3 Å². The van der Waals surface area contributed by atoms with E-state index in [1.807, 2.05) is 24.3 Å². The largest absolute Gasteiger partial charge is 0.397 e. The minimum absolute atomic E-state index is 0.211. The monoisotopic (exact) mass is 339 g/mol. The molecule has 0 unspecified atom stereocenters. The van der Waals surface area contributed by atoms with Crippen LogP contribution in [-0.4, -0.2) is 36.6 Å². The normalized spacial score (nSPS) is 17.6. The third-order valence-electron chi connectivity index (χ3n) is 4.55. The number of nitrogens with zero attached hydrogens (tertiary/aromatic N) is 2. The second-order valence-corrected chi connectivity index (χ2v) is 6.70. The van der Waals surface area contributed by atoms with Gasteiger partial charge < -0.3 is 21.3 Å². The fourth-order valence-electron chi connectivity index (χ4n) is 2.95. The van der Waals surface area contributed by atoms with Crippen LogP contribution in [0, 0.1) is 5.92 Å². The van der Waals surface area contributed by atoms with Gasteiger partial charge in [-0.25, -0.2) is 4.98 Å². The van der Waals surface area contributed by atoms with Crippen molar-refractivity contribution in [2.75, 3.05) is 35.6 Å². The van der Waals surface area contributed by atoms with E-state index in [-0.39, 0.29) is 5.91 Å². The molecule has 1 aromatic carbocycles. The Hall–Kier alpha value is -2.60. The molecule has 4 N–H and O–H groups in total. The number of piperazine rings is 1. The van der Waals surface area contributed by atoms with Crippen LogP contribution in [0.1, 0.15) is 24.2 Å². The Morgan fingerprint density at radius 1 is 1.32 bits per heavy atom. The Kier molecular flexibility index (Phi) is 5.19. The number of aromatic nitrogens is 1. The molecule has 1 aromatic heterocycles. The van der Waals surface area contributed by atoms with Crippen molar-refractivity contribution in [1.29, 1.82) is 0 Å². The quantitative estimate of drug-likeness (QED) is 0.745. The molecule has 1 saturated heterocycles. The van der Waals surface area contributed by atoms with E-state index in [0.29, 0.717) is 28.9 Å². The van der Waals surface area contributed by atoms with Crippen LogP contribution in [0.15, 0.2) is 42.6 Å². The molecule has 3 rings (SSSR count). The Bertz CT molecular complexity index is 729. The molecule has 6 heteroatoms. The third-order valence-corrected chi connectivity index (χ3v) is 4.55. The molecule has 0 saturated carbocycles. The van der Waals surface area contributed by atoms with Gasteiger partial charge >= 0.3 is 0 Å². The fraction of sp³-hybridized carbons (Fsp3) is 0.368. The van der Waals surface area contributed by atoms with Gasteiger partial charge in [0, 0.05) is 31.9 Å². The summed E-state index contributed by atoms with van der Waals surface area (Å²) in [6.07, 6.45) is 1.62. The molecular weight excluding hydrogens is 314 g/mol. The predicted octanol–water partition coefficient (Wildman–Crippen LogP) is 2.35. The number of amides is 1. The first-order valence-corrected chi connectivity index (χ1v) is 8.65. The lowest BCUT2D eigenvalue weighted by molar-refractivity contribution is 0.102. The van der Waals surface area contributed by atoms with Gasteiger partial charge in [0.15, 0.2) is 0 Å². The van der Waals surface area contributed by atoms with Crippen molar-refractivity contribution < 1.29 is 4.79 Å². The molecule has 132 valence electrons. The molecule has 1 atom stereocenters. The van der Waals surface area contributed by atoms with E-state index in [9.17, 15) is 4.79 Å². The molecule has 0 radical (unpaired) electrons. The van der Waals surface area contributed by atoms with Crippen molar-refractivity contribution in [2.24, 2.45) is 5.92 Å². The summed E-state index contributed by atoms with van der Waals surface area (Å²) in [7, 11) is 0. The first-order chi connectivity index (χ1) is 12.0.